The highest BCUT2D eigenvalue weighted by Gasteiger charge is 2.33. The molecule has 2 nitrogen and oxygen atoms in total. The molecule has 1 aliphatic rings. The average Bonchev–Trinajstić information content (AvgIpc) is 2.51. The monoisotopic (exact) mass is 231 g/mol. The first-order valence-electron chi connectivity index (χ1n) is 6.27. The highest BCUT2D eigenvalue weighted by Crippen LogP contribution is 2.37. The number of carbonyl (C=O) groups excluding carboxylic acids is 1. The van der Waals surface area contributed by atoms with Gasteiger partial charge >= 0.3 is 0 Å². The minimum absolute atomic E-state index is 0.0958. The first-order chi connectivity index (χ1) is 7.82. The van der Waals surface area contributed by atoms with E-state index in [1.807, 2.05) is 4.90 Å². The van der Waals surface area contributed by atoms with Gasteiger partial charge in [-0.05, 0) is 36.5 Å². The maximum absolute atomic E-state index is 12.1. The van der Waals surface area contributed by atoms with E-state index in [0.717, 1.165) is 5.69 Å². The molecule has 0 atom stereocenters. The molecule has 0 aromatic heterocycles. The summed E-state index contributed by atoms with van der Waals surface area (Å²) in [4.78, 5) is 14.0. The van der Waals surface area contributed by atoms with E-state index in [1.165, 1.54) is 11.1 Å². The van der Waals surface area contributed by atoms with Crippen molar-refractivity contribution >= 4 is 11.6 Å². The Hall–Kier alpha value is -1.31. The maximum atomic E-state index is 12.1. The molecule has 0 fully saturated rings. The van der Waals surface area contributed by atoms with Crippen molar-refractivity contribution < 1.29 is 4.79 Å². The van der Waals surface area contributed by atoms with Gasteiger partial charge in [0.2, 0.25) is 5.91 Å². The minimum atomic E-state index is 0.0958. The number of hydrogen-bond acceptors (Lipinski definition) is 1. The number of fused-ring (bicyclic) bond motifs is 1. The van der Waals surface area contributed by atoms with Crippen LogP contribution < -0.4 is 4.90 Å². The summed E-state index contributed by atoms with van der Waals surface area (Å²) in [5.74, 6) is 0.228. The van der Waals surface area contributed by atoms with Gasteiger partial charge in [0.15, 0.2) is 0 Å². The molecule has 1 amide bonds. The molecule has 0 saturated heterocycles. The summed E-state index contributed by atoms with van der Waals surface area (Å²) in [5, 5.41) is 0. The van der Waals surface area contributed by atoms with Crippen LogP contribution >= 0.6 is 0 Å². The lowest BCUT2D eigenvalue weighted by Crippen LogP contribution is -2.33. The number of hydrogen-bond donors (Lipinski definition) is 0. The first-order valence-corrected chi connectivity index (χ1v) is 6.27. The third-order valence-electron chi connectivity index (χ3n) is 3.33. The van der Waals surface area contributed by atoms with Gasteiger partial charge < -0.3 is 4.90 Å². The predicted octanol–water partition coefficient (Wildman–Crippen LogP) is 3.28. The second kappa shape index (κ2) is 3.86. The van der Waals surface area contributed by atoms with Gasteiger partial charge in [-0.1, -0.05) is 32.9 Å². The lowest BCUT2D eigenvalue weighted by molar-refractivity contribution is -0.117. The van der Waals surface area contributed by atoms with Crippen molar-refractivity contribution in [2.45, 2.75) is 52.5 Å². The average molecular weight is 231 g/mol. The highest BCUT2D eigenvalue weighted by molar-refractivity contribution is 6.02. The fourth-order valence-corrected chi connectivity index (χ4v) is 2.63. The molecular weight excluding hydrogens is 210 g/mol. The molecule has 0 N–H and O–H groups in total. The lowest BCUT2D eigenvalue weighted by Gasteiger charge is -2.25. The van der Waals surface area contributed by atoms with Crippen LogP contribution in [0.5, 0.6) is 0 Å². The van der Waals surface area contributed by atoms with Crippen LogP contribution in [0.25, 0.3) is 0 Å². The molecule has 0 bridgehead atoms. The third-order valence-corrected chi connectivity index (χ3v) is 3.33. The molecule has 0 spiro atoms. The molecule has 1 aromatic carbocycles. The van der Waals surface area contributed by atoms with Gasteiger partial charge in [0.25, 0.3) is 0 Å². The van der Waals surface area contributed by atoms with E-state index in [4.69, 9.17) is 0 Å². The minimum Gasteiger partial charge on any atom is -0.309 e. The molecule has 2 heteroatoms. The van der Waals surface area contributed by atoms with E-state index >= 15 is 0 Å². The van der Waals surface area contributed by atoms with E-state index in [1.54, 1.807) is 0 Å². The largest absolute Gasteiger partial charge is 0.309 e. The van der Waals surface area contributed by atoms with Crippen LogP contribution in [-0.4, -0.2) is 11.9 Å². The molecular formula is C15H21NO. The quantitative estimate of drug-likeness (QED) is 0.726. The molecule has 1 aromatic rings. The summed E-state index contributed by atoms with van der Waals surface area (Å²) < 4.78 is 0. The number of rotatable bonds is 1. The molecule has 0 saturated carbocycles. The molecule has 17 heavy (non-hydrogen) atoms. The standard InChI is InChI=1S/C15H21NO/c1-10(2)16-13-8-6-7-12(15(3,4)5)11(13)9-14(16)17/h6-8,10H,9H2,1-5H3. The van der Waals surface area contributed by atoms with Crippen molar-refractivity contribution in [3.8, 4) is 0 Å². The van der Waals surface area contributed by atoms with Crippen molar-refractivity contribution in [1.29, 1.82) is 0 Å². The van der Waals surface area contributed by atoms with E-state index in [9.17, 15) is 4.79 Å². The van der Waals surface area contributed by atoms with Crippen molar-refractivity contribution in [2.24, 2.45) is 0 Å². The summed E-state index contributed by atoms with van der Waals surface area (Å²) >= 11 is 0. The molecule has 2 rings (SSSR count). The predicted molar refractivity (Wildman–Crippen MR) is 71.5 cm³/mol. The number of benzene rings is 1. The summed E-state index contributed by atoms with van der Waals surface area (Å²) in [5.41, 5.74) is 3.72. The van der Waals surface area contributed by atoms with E-state index in [2.05, 4.69) is 52.8 Å². The Morgan fingerprint density at radius 2 is 1.88 bits per heavy atom. The van der Waals surface area contributed by atoms with Gasteiger partial charge in [0.05, 0.1) is 6.42 Å². The Labute approximate surface area is 104 Å². The molecule has 92 valence electrons. The molecule has 1 aliphatic heterocycles. The molecule has 0 unspecified atom stereocenters. The normalized spacial score (nSPS) is 15.6. The molecule has 0 aliphatic carbocycles. The van der Waals surface area contributed by atoms with E-state index < -0.39 is 0 Å². The van der Waals surface area contributed by atoms with Gasteiger partial charge in [0, 0.05) is 11.7 Å². The topological polar surface area (TPSA) is 20.3 Å². The Morgan fingerprint density at radius 1 is 1.24 bits per heavy atom. The number of nitrogens with zero attached hydrogens (tertiary/aromatic N) is 1. The number of amides is 1. The van der Waals surface area contributed by atoms with Gasteiger partial charge in [-0.2, -0.15) is 0 Å². The second-order valence-corrected chi connectivity index (χ2v) is 6.09. The SMILES string of the molecule is CC(C)N1C(=O)Cc2c1cccc2C(C)(C)C. The van der Waals surface area contributed by atoms with Crippen molar-refractivity contribution in [3.05, 3.63) is 29.3 Å². The van der Waals surface area contributed by atoms with Crippen LogP contribution in [0.15, 0.2) is 18.2 Å². The van der Waals surface area contributed by atoms with Gasteiger partial charge in [-0.25, -0.2) is 0 Å². The number of anilines is 1. The van der Waals surface area contributed by atoms with E-state index in [-0.39, 0.29) is 17.4 Å². The summed E-state index contributed by atoms with van der Waals surface area (Å²) in [6, 6.07) is 6.51. The zero-order valence-electron chi connectivity index (χ0n) is 11.4. The van der Waals surface area contributed by atoms with Gasteiger partial charge in [-0.15, -0.1) is 0 Å². The van der Waals surface area contributed by atoms with Crippen molar-refractivity contribution in [1.82, 2.24) is 0 Å². The first kappa shape index (κ1) is 12.2. The van der Waals surface area contributed by atoms with Crippen molar-refractivity contribution in [2.75, 3.05) is 4.90 Å². The third kappa shape index (κ3) is 1.97. The molecule has 1 heterocycles. The highest BCUT2D eigenvalue weighted by atomic mass is 16.2. The van der Waals surface area contributed by atoms with Crippen LogP contribution in [0.4, 0.5) is 5.69 Å². The van der Waals surface area contributed by atoms with Crippen LogP contribution in [0.1, 0.15) is 45.7 Å². The summed E-state index contributed by atoms with van der Waals surface area (Å²) in [6.07, 6.45) is 0.557. The summed E-state index contributed by atoms with van der Waals surface area (Å²) in [6.45, 7) is 10.7. The maximum Gasteiger partial charge on any atom is 0.231 e. The van der Waals surface area contributed by atoms with Crippen LogP contribution in [0.2, 0.25) is 0 Å². The molecule has 0 radical (unpaired) electrons. The van der Waals surface area contributed by atoms with Crippen LogP contribution in [-0.2, 0) is 16.6 Å². The number of carbonyl (C=O) groups is 1. The van der Waals surface area contributed by atoms with Crippen LogP contribution in [0, 0.1) is 0 Å². The summed E-state index contributed by atoms with van der Waals surface area (Å²) in [7, 11) is 0. The lowest BCUT2D eigenvalue weighted by atomic mass is 9.83. The van der Waals surface area contributed by atoms with E-state index in [0.29, 0.717) is 6.42 Å². The van der Waals surface area contributed by atoms with Gasteiger partial charge in [0.1, 0.15) is 0 Å². The zero-order valence-corrected chi connectivity index (χ0v) is 11.4. The Kier molecular flexibility index (Phi) is 2.76. The Morgan fingerprint density at radius 3 is 2.41 bits per heavy atom. The Bertz CT molecular complexity index is 454. The zero-order chi connectivity index (χ0) is 12.8. The fourth-order valence-electron chi connectivity index (χ4n) is 2.63. The van der Waals surface area contributed by atoms with Crippen molar-refractivity contribution in [3.63, 3.8) is 0 Å². The second-order valence-electron chi connectivity index (χ2n) is 6.09. The van der Waals surface area contributed by atoms with Crippen LogP contribution in [0.3, 0.4) is 0 Å². The van der Waals surface area contributed by atoms with Gasteiger partial charge in [-0.3, -0.25) is 4.79 Å². The fraction of sp³-hybridized carbons (Fsp3) is 0.533. The Balaban J connectivity index is 2.57. The smallest absolute Gasteiger partial charge is 0.231 e.